The van der Waals surface area contributed by atoms with Gasteiger partial charge < -0.3 is 9.15 Å². The first kappa shape index (κ1) is 8.51. The van der Waals surface area contributed by atoms with E-state index in [2.05, 4.69) is 0 Å². The van der Waals surface area contributed by atoms with Gasteiger partial charge in [0.25, 0.3) is 0 Å². The summed E-state index contributed by atoms with van der Waals surface area (Å²) in [5.74, 6) is 0.690. The Morgan fingerprint density at radius 1 is 1.38 bits per heavy atom. The van der Waals surface area contributed by atoms with Gasteiger partial charge in [-0.25, -0.2) is 4.79 Å². The van der Waals surface area contributed by atoms with Gasteiger partial charge in [0.1, 0.15) is 5.76 Å². The van der Waals surface area contributed by atoms with Crippen molar-refractivity contribution >= 4 is 0 Å². The summed E-state index contributed by atoms with van der Waals surface area (Å²) in [6.45, 7) is 6.10. The molecule has 0 spiro atoms. The van der Waals surface area contributed by atoms with Gasteiger partial charge in [-0.2, -0.15) is 0 Å². The second-order valence-corrected chi connectivity index (χ2v) is 3.42. The van der Waals surface area contributed by atoms with Crippen LogP contribution in [-0.4, -0.2) is 0 Å². The lowest BCUT2D eigenvalue weighted by Gasteiger charge is -2.06. The van der Waals surface area contributed by atoms with Gasteiger partial charge in [-0.15, -0.1) is 0 Å². The first-order valence-corrected chi connectivity index (χ1v) is 4.36. The molecule has 70 valence electrons. The van der Waals surface area contributed by atoms with Crippen LogP contribution in [-0.2, 0) is 11.3 Å². The number of fused-ring (bicyclic) bond motifs is 1. The van der Waals surface area contributed by atoms with E-state index in [4.69, 9.17) is 9.15 Å². The van der Waals surface area contributed by atoms with Crippen molar-refractivity contribution in [2.24, 2.45) is 0 Å². The molecule has 1 unspecified atom stereocenters. The molecule has 0 saturated carbocycles. The van der Waals surface area contributed by atoms with E-state index in [1.54, 1.807) is 6.92 Å². The van der Waals surface area contributed by atoms with Crippen LogP contribution in [0.4, 0.5) is 0 Å². The molecular weight excluding hydrogens is 168 g/mol. The predicted octanol–water partition coefficient (Wildman–Crippen LogP) is 1.85. The summed E-state index contributed by atoms with van der Waals surface area (Å²) in [4.78, 5) is 11.3. The van der Waals surface area contributed by atoms with Gasteiger partial charge >= 0.3 is 5.63 Å². The summed E-state index contributed by atoms with van der Waals surface area (Å²) in [5.41, 5.74) is 2.51. The van der Waals surface area contributed by atoms with E-state index in [1.807, 2.05) is 13.8 Å². The topological polar surface area (TPSA) is 39.4 Å². The van der Waals surface area contributed by atoms with Gasteiger partial charge in [0.05, 0.1) is 12.7 Å². The zero-order valence-electron chi connectivity index (χ0n) is 8.01. The molecule has 1 aliphatic heterocycles. The van der Waals surface area contributed by atoms with Crippen LogP contribution < -0.4 is 5.63 Å². The van der Waals surface area contributed by atoms with E-state index in [9.17, 15) is 4.79 Å². The van der Waals surface area contributed by atoms with Crippen LogP contribution >= 0.6 is 0 Å². The lowest BCUT2D eigenvalue weighted by Crippen LogP contribution is -2.09. The molecule has 0 aromatic carbocycles. The molecular formula is C10H12O3. The first-order valence-electron chi connectivity index (χ1n) is 4.36. The molecule has 0 amide bonds. The van der Waals surface area contributed by atoms with Crippen LogP contribution in [0.25, 0.3) is 0 Å². The minimum absolute atomic E-state index is 0.0537. The molecule has 2 rings (SSSR count). The molecule has 0 saturated heterocycles. The molecule has 1 aliphatic rings. The minimum Gasteiger partial charge on any atom is -0.428 e. The van der Waals surface area contributed by atoms with Gasteiger partial charge in [-0.3, -0.25) is 0 Å². The highest BCUT2D eigenvalue weighted by molar-refractivity contribution is 5.37. The van der Waals surface area contributed by atoms with Gasteiger partial charge in [0.15, 0.2) is 0 Å². The van der Waals surface area contributed by atoms with Crippen molar-refractivity contribution in [2.45, 2.75) is 33.5 Å². The van der Waals surface area contributed by atoms with Crippen LogP contribution in [0.5, 0.6) is 0 Å². The van der Waals surface area contributed by atoms with Gasteiger partial charge in [-0.1, -0.05) is 0 Å². The zero-order chi connectivity index (χ0) is 9.59. The first-order chi connectivity index (χ1) is 6.11. The highest BCUT2D eigenvalue weighted by atomic mass is 16.5. The molecule has 2 heterocycles. The van der Waals surface area contributed by atoms with E-state index in [0.29, 0.717) is 17.9 Å². The van der Waals surface area contributed by atoms with Crippen LogP contribution in [0.2, 0.25) is 0 Å². The second kappa shape index (κ2) is 2.70. The third-order valence-electron chi connectivity index (χ3n) is 2.59. The largest absolute Gasteiger partial charge is 0.428 e. The van der Waals surface area contributed by atoms with E-state index >= 15 is 0 Å². The smallest absolute Gasteiger partial charge is 0.339 e. The maximum absolute atomic E-state index is 11.3. The van der Waals surface area contributed by atoms with Crippen molar-refractivity contribution in [1.82, 2.24) is 0 Å². The summed E-state index contributed by atoms with van der Waals surface area (Å²) in [7, 11) is 0. The fraction of sp³-hybridized carbons (Fsp3) is 0.500. The van der Waals surface area contributed by atoms with Crippen LogP contribution in [0, 0.1) is 13.8 Å². The van der Waals surface area contributed by atoms with Crippen molar-refractivity contribution in [3.05, 3.63) is 32.9 Å². The Morgan fingerprint density at radius 3 is 2.77 bits per heavy atom. The van der Waals surface area contributed by atoms with E-state index in [-0.39, 0.29) is 11.7 Å². The molecule has 1 aromatic heterocycles. The quantitative estimate of drug-likeness (QED) is 0.611. The monoisotopic (exact) mass is 180 g/mol. The maximum Gasteiger partial charge on any atom is 0.339 e. The summed E-state index contributed by atoms with van der Waals surface area (Å²) < 4.78 is 10.5. The number of ether oxygens (including phenoxy) is 1. The third-order valence-corrected chi connectivity index (χ3v) is 2.59. The standard InChI is InChI=1S/C10H12O3/c1-5-8-4-12-6(2)9(8)7(3)13-10(5)11/h6H,4H2,1-3H3. The maximum atomic E-state index is 11.3. The summed E-state index contributed by atoms with van der Waals surface area (Å²) in [6.07, 6.45) is 0.0537. The summed E-state index contributed by atoms with van der Waals surface area (Å²) in [5, 5.41) is 0. The predicted molar refractivity (Wildman–Crippen MR) is 47.7 cm³/mol. The highest BCUT2D eigenvalue weighted by Gasteiger charge is 2.25. The zero-order valence-corrected chi connectivity index (χ0v) is 8.01. The summed E-state index contributed by atoms with van der Waals surface area (Å²) in [6, 6.07) is 0. The van der Waals surface area contributed by atoms with Crippen molar-refractivity contribution in [3.8, 4) is 0 Å². The molecule has 0 radical (unpaired) electrons. The van der Waals surface area contributed by atoms with E-state index in [0.717, 1.165) is 11.1 Å². The molecule has 0 aliphatic carbocycles. The van der Waals surface area contributed by atoms with E-state index < -0.39 is 0 Å². The minimum atomic E-state index is -0.242. The molecule has 0 fully saturated rings. The molecule has 1 atom stereocenters. The SMILES string of the molecule is Cc1oc(=O)c(C)c2c1C(C)OC2. The van der Waals surface area contributed by atoms with Gasteiger partial charge in [0.2, 0.25) is 0 Å². The average molecular weight is 180 g/mol. The van der Waals surface area contributed by atoms with Gasteiger partial charge in [-0.05, 0) is 26.3 Å². The second-order valence-electron chi connectivity index (χ2n) is 3.42. The van der Waals surface area contributed by atoms with Crippen LogP contribution in [0.1, 0.15) is 35.5 Å². The number of rotatable bonds is 0. The Bertz CT molecular complexity index is 403. The van der Waals surface area contributed by atoms with Crippen molar-refractivity contribution in [2.75, 3.05) is 0 Å². The Labute approximate surface area is 76.3 Å². The lowest BCUT2D eigenvalue weighted by atomic mass is 10.0. The molecule has 3 nitrogen and oxygen atoms in total. The number of hydrogen-bond donors (Lipinski definition) is 0. The lowest BCUT2D eigenvalue weighted by molar-refractivity contribution is 0.0786. The molecule has 13 heavy (non-hydrogen) atoms. The van der Waals surface area contributed by atoms with Gasteiger partial charge in [0, 0.05) is 11.1 Å². The Balaban J connectivity index is 2.77. The van der Waals surface area contributed by atoms with Crippen molar-refractivity contribution in [1.29, 1.82) is 0 Å². The molecule has 0 N–H and O–H groups in total. The highest BCUT2D eigenvalue weighted by Crippen LogP contribution is 2.32. The van der Waals surface area contributed by atoms with Crippen molar-refractivity contribution in [3.63, 3.8) is 0 Å². The molecule has 3 heteroatoms. The molecule has 0 bridgehead atoms. The molecule has 1 aromatic rings. The van der Waals surface area contributed by atoms with Crippen molar-refractivity contribution < 1.29 is 9.15 Å². The Hall–Kier alpha value is -1.09. The average Bonchev–Trinajstić information content (AvgIpc) is 2.44. The van der Waals surface area contributed by atoms with E-state index in [1.165, 1.54) is 0 Å². The van der Waals surface area contributed by atoms with Crippen LogP contribution in [0.15, 0.2) is 9.21 Å². The number of aryl methyl sites for hydroxylation is 1. The Morgan fingerprint density at radius 2 is 2.08 bits per heavy atom. The Kier molecular flexibility index (Phi) is 1.77. The third kappa shape index (κ3) is 1.11. The normalized spacial score (nSPS) is 20.4. The van der Waals surface area contributed by atoms with Crippen LogP contribution in [0.3, 0.4) is 0 Å². The fourth-order valence-corrected chi connectivity index (χ4v) is 1.82. The fourth-order valence-electron chi connectivity index (χ4n) is 1.82. The number of hydrogen-bond acceptors (Lipinski definition) is 3. The summed E-state index contributed by atoms with van der Waals surface area (Å²) >= 11 is 0.